The Balaban J connectivity index is 0.000000383. The van der Waals surface area contributed by atoms with Gasteiger partial charge in [-0.1, -0.05) is 0 Å². The highest BCUT2D eigenvalue weighted by atomic mass is 19.4. The molecular weight excluding hydrogens is 456 g/mol. The summed E-state index contributed by atoms with van der Waals surface area (Å²) in [5.41, 5.74) is -0.347. The summed E-state index contributed by atoms with van der Waals surface area (Å²) in [5, 5.41) is 18.1. The first-order valence-corrected chi connectivity index (χ1v) is 9.65. The van der Waals surface area contributed by atoms with Crippen LogP contribution in [0.2, 0.25) is 0 Å². The van der Waals surface area contributed by atoms with E-state index in [0.29, 0.717) is 37.4 Å². The monoisotopic (exact) mass is 476 g/mol. The summed E-state index contributed by atoms with van der Waals surface area (Å²) in [6, 6.07) is 0.943. The summed E-state index contributed by atoms with van der Waals surface area (Å²) in [4.78, 5) is 34.7. The van der Waals surface area contributed by atoms with Crippen LogP contribution < -0.4 is 20.9 Å². The summed E-state index contributed by atoms with van der Waals surface area (Å²) >= 11 is 0. The Labute approximate surface area is 183 Å². The van der Waals surface area contributed by atoms with Gasteiger partial charge in [0.25, 0.3) is 0 Å². The molecule has 0 spiro atoms. The van der Waals surface area contributed by atoms with Crippen molar-refractivity contribution in [3.05, 3.63) is 33.9 Å². The summed E-state index contributed by atoms with van der Waals surface area (Å²) in [5.74, 6) is 1.38. The first-order valence-electron chi connectivity index (χ1n) is 9.65. The summed E-state index contributed by atoms with van der Waals surface area (Å²) < 4.78 is 54.2. The number of nitrogens with zero attached hydrogens (tertiary/aromatic N) is 3. The number of pyridine rings is 1. The molecule has 1 fully saturated rings. The lowest BCUT2D eigenvalue weighted by atomic mass is 10.1. The first-order chi connectivity index (χ1) is 15.3. The molecular formula is C19H20F4N4O6. The van der Waals surface area contributed by atoms with Crippen LogP contribution in [0.25, 0.3) is 10.9 Å². The minimum Gasteiger partial charge on any atom is -0.487 e. The second kappa shape index (κ2) is 8.86. The van der Waals surface area contributed by atoms with E-state index in [4.69, 9.17) is 20.5 Å². The van der Waals surface area contributed by atoms with E-state index in [9.17, 15) is 32.3 Å². The van der Waals surface area contributed by atoms with E-state index < -0.39 is 29.4 Å². The number of nitrogens with two attached hydrogens (primary N) is 1. The quantitative estimate of drug-likeness (QED) is 0.434. The van der Waals surface area contributed by atoms with Crippen molar-refractivity contribution in [1.82, 2.24) is 9.58 Å². The molecule has 4 N–H and O–H groups in total. The van der Waals surface area contributed by atoms with E-state index in [1.54, 1.807) is 9.58 Å². The smallest absolute Gasteiger partial charge is 0.487 e. The van der Waals surface area contributed by atoms with Crippen LogP contribution in [-0.4, -0.2) is 70.7 Å². The van der Waals surface area contributed by atoms with Crippen LogP contribution >= 0.6 is 0 Å². The summed E-state index contributed by atoms with van der Waals surface area (Å²) in [6.07, 6.45) is -3.76. The molecule has 10 nitrogen and oxygen atoms in total. The van der Waals surface area contributed by atoms with Gasteiger partial charge in [-0.2, -0.15) is 13.2 Å². The van der Waals surface area contributed by atoms with Gasteiger partial charge < -0.3 is 24.4 Å². The zero-order chi connectivity index (χ0) is 24.7. The van der Waals surface area contributed by atoms with Gasteiger partial charge in [-0.05, 0) is 13.0 Å². The predicted molar refractivity (Wildman–Crippen MR) is 107 cm³/mol. The van der Waals surface area contributed by atoms with Gasteiger partial charge in [0.15, 0.2) is 11.6 Å². The van der Waals surface area contributed by atoms with Gasteiger partial charge in [0.2, 0.25) is 5.43 Å². The molecule has 33 heavy (non-hydrogen) atoms. The van der Waals surface area contributed by atoms with Crippen LogP contribution in [0.15, 0.2) is 17.1 Å². The number of hydrogen-bond donors (Lipinski definition) is 3. The second-order valence-corrected chi connectivity index (χ2v) is 7.50. The molecule has 2 aliphatic heterocycles. The maximum absolute atomic E-state index is 15.0. The van der Waals surface area contributed by atoms with Crippen molar-refractivity contribution in [3.8, 4) is 5.75 Å². The average molecular weight is 476 g/mol. The number of piperazine rings is 1. The number of anilines is 1. The highest BCUT2D eigenvalue weighted by Crippen LogP contribution is 2.42. The molecule has 0 unspecified atom stereocenters. The Hall–Kier alpha value is -3.39. The van der Waals surface area contributed by atoms with Gasteiger partial charge >= 0.3 is 18.1 Å². The molecule has 14 heteroatoms. The topological polar surface area (TPSA) is 138 Å². The molecule has 0 bridgehead atoms. The SMILES string of the molecule is C[C@@H]1COc2c(N3CCN(N)CC3)c(F)cc3c(=O)c(C(=O)O)cn1c23.O=C(O)C(F)(F)F. The fourth-order valence-corrected chi connectivity index (χ4v) is 3.60. The zero-order valence-electron chi connectivity index (χ0n) is 17.2. The number of aromatic nitrogens is 1. The van der Waals surface area contributed by atoms with Gasteiger partial charge in [-0.3, -0.25) is 10.6 Å². The van der Waals surface area contributed by atoms with Crippen LogP contribution in [-0.2, 0) is 4.79 Å². The van der Waals surface area contributed by atoms with Crippen molar-refractivity contribution in [3.63, 3.8) is 0 Å². The van der Waals surface area contributed by atoms with Crippen molar-refractivity contribution < 1.29 is 42.1 Å². The van der Waals surface area contributed by atoms with Crippen LogP contribution in [0.5, 0.6) is 5.75 Å². The Morgan fingerprint density at radius 2 is 1.76 bits per heavy atom. The molecule has 0 amide bonds. The van der Waals surface area contributed by atoms with Gasteiger partial charge in [0.05, 0.1) is 16.9 Å². The molecule has 2 aliphatic rings. The van der Waals surface area contributed by atoms with Crippen LogP contribution in [0.1, 0.15) is 23.3 Å². The minimum absolute atomic E-state index is 0.0187. The number of hydrazine groups is 1. The maximum Gasteiger partial charge on any atom is 0.490 e. The molecule has 4 rings (SSSR count). The minimum atomic E-state index is -5.08. The van der Waals surface area contributed by atoms with Crippen molar-refractivity contribution in [2.24, 2.45) is 5.84 Å². The number of benzene rings is 1. The fraction of sp³-hybridized carbons (Fsp3) is 0.421. The molecule has 180 valence electrons. The predicted octanol–water partition coefficient (Wildman–Crippen LogP) is 1.42. The lowest BCUT2D eigenvalue weighted by molar-refractivity contribution is -0.192. The third-order valence-electron chi connectivity index (χ3n) is 5.25. The number of hydrogen-bond acceptors (Lipinski definition) is 7. The number of aromatic carboxylic acids is 1. The van der Waals surface area contributed by atoms with Crippen molar-refractivity contribution in [2.75, 3.05) is 37.7 Å². The standard InChI is InChI=1S/C17H19FN4O4.C2HF3O2/c1-9-8-26-16-13-10(15(23)11(17(24)25)7-22(9)13)6-12(18)14(16)20-2-4-21(19)5-3-20;3-2(4,5)1(6)7/h6-7,9H,2-5,8,19H2,1H3,(H,24,25);(H,6,7)/t9-;/m1./s1. The number of carboxylic acids is 2. The summed E-state index contributed by atoms with van der Waals surface area (Å²) in [7, 11) is 0. The highest BCUT2D eigenvalue weighted by molar-refractivity contribution is 5.97. The Kier molecular flexibility index (Phi) is 6.51. The number of rotatable bonds is 2. The van der Waals surface area contributed by atoms with E-state index >= 15 is 0 Å². The second-order valence-electron chi connectivity index (χ2n) is 7.50. The lowest BCUT2D eigenvalue weighted by Crippen LogP contribution is -2.49. The van der Waals surface area contributed by atoms with Gasteiger partial charge in [0.1, 0.15) is 17.9 Å². The molecule has 0 saturated carbocycles. The average Bonchev–Trinajstić information content (AvgIpc) is 2.72. The van der Waals surface area contributed by atoms with Crippen molar-refractivity contribution >= 4 is 28.5 Å². The zero-order valence-corrected chi connectivity index (χ0v) is 17.2. The van der Waals surface area contributed by atoms with Crippen LogP contribution in [0, 0.1) is 5.82 Å². The van der Waals surface area contributed by atoms with E-state index in [0.717, 1.165) is 6.07 Å². The molecule has 0 radical (unpaired) electrons. The largest absolute Gasteiger partial charge is 0.490 e. The van der Waals surface area contributed by atoms with E-state index in [-0.39, 0.29) is 29.3 Å². The van der Waals surface area contributed by atoms with Crippen LogP contribution in [0.4, 0.5) is 23.2 Å². The van der Waals surface area contributed by atoms with Crippen LogP contribution in [0.3, 0.4) is 0 Å². The third-order valence-corrected chi connectivity index (χ3v) is 5.25. The fourth-order valence-electron chi connectivity index (χ4n) is 3.60. The number of carboxylic acid groups (broad SMARTS) is 2. The molecule has 1 atom stereocenters. The number of halogens is 4. The summed E-state index contributed by atoms with van der Waals surface area (Å²) in [6.45, 7) is 4.34. The Morgan fingerprint density at radius 1 is 1.18 bits per heavy atom. The maximum atomic E-state index is 15.0. The van der Waals surface area contributed by atoms with Crippen molar-refractivity contribution in [1.29, 1.82) is 0 Å². The number of aliphatic carboxylic acids is 1. The Bertz CT molecular complexity index is 1160. The van der Waals surface area contributed by atoms with Gasteiger partial charge in [-0.25, -0.2) is 19.0 Å². The van der Waals surface area contributed by atoms with Gasteiger partial charge in [-0.15, -0.1) is 0 Å². The molecule has 1 aromatic heterocycles. The lowest BCUT2D eigenvalue weighted by Gasteiger charge is -2.36. The third kappa shape index (κ3) is 4.71. The molecule has 0 aliphatic carbocycles. The van der Waals surface area contributed by atoms with E-state index in [1.807, 2.05) is 11.8 Å². The number of ether oxygens (including phenoxy) is 1. The molecule has 3 heterocycles. The first kappa shape index (κ1) is 24.3. The molecule has 1 saturated heterocycles. The number of carbonyl (C=O) groups is 2. The van der Waals surface area contributed by atoms with Gasteiger partial charge in [0, 0.05) is 32.4 Å². The molecule has 2 aromatic rings. The Morgan fingerprint density at radius 3 is 2.27 bits per heavy atom. The number of alkyl halides is 3. The van der Waals surface area contributed by atoms with E-state index in [1.165, 1.54) is 6.20 Å². The van der Waals surface area contributed by atoms with E-state index in [2.05, 4.69) is 0 Å². The highest BCUT2D eigenvalue weighted by Gasteiger charge is 2.38. The van der Waals surface area contributed by atoms with Crippen molar-refractivity contribution in [2.45, 2.75) is 19.1 Å². The normalized spacial score (nSPS) is 18.4. The molecule has 1 aromatic carbocycles.